The van der Waals surface area contributed by atoms with Gasteiger partial charge in [0.05, 0.1) is 0 Å². The average Bonchev–Trinajstić information content (AvgIpc) is 2.91. The first-order valence-electron chi connectivity index (χ1n) is 15.9. The van der Waals surface area contributed by atoms with Crippen molar-refractivity contribution in [3.63, 3.8) is 0 Å². The molecule has 4 heteroatoms. The Morgan fingerprint density at radius 3 is 1.27 bits per heavy atom. The third-order valence-corrected chi connectivity index (χ3v) is 10.3. The third kappa shape index (κ3) is 7.32. The van der Waals surface area contributed by atoms with Gasteiger partial charge in [-0.05, 0) is 148 Å². The lowest BCUT2D eigenvalue weighted by atomic mass is 9.65. The van der Waals surface area contributed by atoms with Gasteiger partial charge in [0.15, 0.2) is 0 Å². The summed E-state index contributed by atoms with van der Waals surface area (Å²) in [6, 6.07) is 3.01. The van der Waals surface area contributed by atoms with Gasteiger partial charge in [0.25, 0.3) is 0 Å². The largest absolute Gasteiger partial charge is 0.207 e. The van der Waals surface area contributed by atoms with E-state index in [9.17, 15) is 17.6 Å². The quantitative estimate of drug-likeness (QED) is 0.282. The Balaban J connectivity index is 0.000000139. The van der Waals surface area contributed by atoms with E-state index >= 15 is 0 Å². The first-order valence-corrected chi connectivity index (χ1v) is 15.9. The van der Waals surface area contributed by atoms with E-state index in [2.05, 4.69) is 27.7 Å². The molecule has 0 aromatic heterocycles. The van der Waals surface area contributed by atoms with Crippen molar-refractivity contribution < 1.29 is 17.6 Å². The standard InChI is InChI=1S/2C12H14F2.C12H22/c2*1-7-3-4-10-9(5-7)6-11(13)8(2)12(10)14;1-9-3-5-12-8-10(2)4-6-11(12)7-9/h2*6-7H,3-5H2,1-2H3;9-12H,3-8H2,1-2H3. The van der Waals surface area contributed by atoms with E-state index in [4.69, 9.17) is 0 Å². The van der Waals surface area contributed by atoms with Crippen molar-refractivity contribution in [2.24, 2.45) is 35.5 Å². The van der Waals surface area contributed by atoms with E-state index < -0.39 is 11.6 Å². The van der Waals surface area contributed by atoms with E-state index in [0.29, 0.717) is 11.8 Å². The van der Waals surface area contributed by atoms with E-state index in [1.807, 2.05) is 0 Å². The van der Waals surface area contributed by atoms with Gasteiger partial charge in [-0.25, -0.2) is 17.6 Å². The average molecular weight is 559 g/mol. The Morgan fingerprint density at radius 2 is 0.900 bits per heavy atom. The molecule has 2 aromatic rings. The minimum Gasteiger partial charge on any atom is -0.207 e. The summed E-state index contributed by atoms with van der Waals surface area (Å²) >= 11 is 0. The van der Waals surface area contributed by atoms with E-state index in [1.165, 1.54) is 64.5 Å². The van der Waals surface area contributed by atoms with Gasteiger partial charge in [-0.3, -0.25) is 0 Å². The van der Waals surface area contributed by atoms with Crippen LogP contribution in [0.15, 0.2) is 12.1 Å². The molecule has 0 saturated heterocycles. The maximum absolute atomic E-state index is 13.6. The first-order chi connectivity index (χ1) is 18.9. The summed E-state index contributed by atoms with van der Waals surface area (Å²) in [6.45, 7) is 12.1. The van der Waals surface area contributed by atoms with Crippen LogP contribution in [-0.2, 0) is 25.7 Å². The lowest BCUT2D eigenvalue weighted by Crippen LogP contribution is -2.29. The van der Waals surface area contributed by atoms with Crippen molar-refractivity contribution in [1.82, 2.24) is 0 Å². The number of halogens is 4. The fraction of sp³-hybridized carbons (Fsp3) is 0.667. The molecule has 6 unspecified atom stereocenters. The van der Waals surface area contributed by atoms with Crippen molar-refractivity contribution in [1.29, 1.82) is 0 Å². The lowest BCUT2D eigenvalue weighted by Gasteiger charge is -2.40. The maximum Gasteiger partial charge on any atom is 0.132 e. The van der Waals surface area contributed by atoms with Gasteiger partial charge in [-0.15, -0.1) is 0 Å². The molecule has 0 radical (unpaired) electrons. The number of fused-ring (bicyclic) bond motifs is 3. The van der Waals surface area contributed by atoms with Gasteiger partial charge in [0.2, 0.25) is 0 Å². The third-order valence-electron chi connectivity index (χ3n) is 10.3. The maximum atomic E-state index is 13.6. The van der Waals surface area contributed by atoms with Crippen LogP contribution in [0.3, 0.4) is 0 Å². The molecule has 222 valence electrons. The molecule has 2 aromatic carbocycles. The molecular weight excluding hydrogens is 508 g/mol. The topological polar surface area (TPSA) is 0 Å². The molecule has 0 amide bonds. The fourth-order valence-corrected chi connectivity index (χ4v) is 7.64. The van der Waals surface area contributed by atoms with Crippen LogP contribution in [-0.4, -0.2) is 0 Å². The Labute approximate surface area is 240 Å². The van der Waals surface area contributed by atoms with E-state index in [-0.39, 0.29) is 22.8 Å². The van der Waals surface area contributed by atoms with Gasteiger partial charge in [-0.2, -0.15) is 0 Å². The number of hydrogen-bond donors (Lipinski definition) is 0. The molecular formula is C36H50F4. The Hall–Kier alpha value is -1.84. The minimum atomic E-state index is -0.407. The number of rotatable bonds is 0. The van der Waals surface area contributed by atoms with Crippen LogP contribution in [0.1, 0.15) is 112 Å². The Morgan fingerprint density at radius 1 is 0.525 bits per heavy atom. The zero-order valence-electron chi connectivity index (χ0n) is 25.6. The molecule has 6 atom stereocenters. The first kappa shape index (κ1) is 31.1. The summed E-state index contributed by atoms with van der Waals surface area (Å²) in [4.78, 5) is 0. The van der Waals surface area contributed by atoms with Crippen LogP contribution in [0, 0.1) is 72.6 Å². The molecule has 0 nitrogen and oxygen atoms in total. The second-order valence-corrected chi connectivity index (χ2v) is 13.9. The van der Waals surface area contributed by atoms with Crippen molar-refractivity contribution >= 4 is 0 Å². The highest BCUT2D eigenvalue weighted by Crippen LogP contribution is 2.44. The number of benzene rings is 2. The second-order valence-electron chi connectivity index (χ2n) is 13.9. The highest BCUT2D eigenvalue weighted by atomic mass is 19.1. The zero-order valence-corrected chi connectivity index (χ0v) is 25.6. The van der Waals surface area contributed by atoms with Crippen LogP contribution in [0.4, 0.5) is 17.6 Å². The summed E-state index contributed by atoms with van der Waals surface area (Å²) < 4.78 is 53.8. The van der Waals surface area contributed by atoms with Gasteiger partial charge >= 0.3 is 0 Å². The normalized spacial score (nSPS) is 29.1. The molecule has 4 aliphatic rings. The molecule has 40 heavy (non-hydrogen) atoms. The van der Waals surface area contributed by atoms with Crippen LogP contribution in [0.2, 0.25) is 0 Å². The highest BCUT2D eigenvalue weighted by Gasteiger charge is 2.32. The van der Waals surface area contributed by atoms with Crippen molar-refractivity contribution in [2.45, 2.75) is 119 Å². The molecule has 0 N–H and O–H groups in total. The Bertz CT molecular complexity index is 1080. The predicted molar refractivity (Wildman–Crippen MR) is 158 cm³/mol. The summed E-state index contributed by atoms with van der Waals surface area (Å²) in [5.74, 6) is 3.91. The Kier molecular flexibility index (Phi) is 10.4. The summed E-state index contributed by atoms with van der Waals surface area (Å²) in [5.41, 5.74) is 3.54. The molecule has 0 spiro atoms. The molecule has 4 aliphatic carbocycles. The van der Waals surface area contributed by atoms with Crippen LogP contribution in [0.25, 0.3) is 0 Å². The zero-order chi connectivity index (χ0) is 29.1. The lowest BCUT2D eigenvalue weighted by molar-refractivity contribution is 0.109. The molecule has 2 fully saturated rings. The van der Waals surface area contributed by atoms with E-state index in [1.54, 1.807) is 0 Å². The van der Waals surface area contributed by atoms with Gasteiger partial charge in [-0.1, -0.05) is 40.5 Å². The van der Waals surface area contributed by atoms with Gasteiger partial charge in [0, 0.05) is 11.1 Å². The van der Waals surface area contributed by atoms with Crippen molar-refractivity contribution in [3.8, 4) is 0 Å². The number of hydrogen-bond acceptors (Lipinski definition) is 0. The fourth-order valence-electron chi connectivity index (χ4n) is 7.64. The van der Waals surface area contributed by atoms with Crippen LogP contribution >= 0.6 is 0 Å². The van der Waals surface area contributed by atoms with E-state index in [0.717, 1.165) is 84.5 Å². The summed E-state index contributed by atoms with van der Waals surface area (Å²) in [7, 11) is 0. The molecule has 6 rings (SSSR count). The highest BCUT2D eigenvalue weighted by molar-refractivity contribution is 5.37. The van der Waals surface area contributed by atoms with Crippen molar-refractivity contribution in [2.75, 3.05) is 0 Å². The SMILES string of the molecule is CC1CCC2CC(C)CCC2C1.Cc1c(F)cc2c(c1F)CCC(C)C2.Cc1c(F)cc2c(c1F)CCC(C)C2. The second kappa shape index (κ2) is 13.4. The van der Waals surface area contributed by atoms with Crippen molar-refractivity contribution in [3.05, 3.63) is 68.8 Å². The van der Waals surface area contributed by atoms with Crippen LogP contribution < -0.4 is 0 Å². The molecule has 0 bridgehead atoms. The van der Waals surface area contributed by atoms with Crippen LogP contribution in [0.5, 0.6) is 0 Å². The molecule has 0 heterocycles. The predicted octanol–water partition coefficient (Wildman–Crippen LogP) is 10.7. The monoisotopic (exact) mass is 558 g/mol. The summed E-state index contributed by atoms with van der Waals surface area (Å²) in [5, 5.41) is 0. The van der Waals surface area contributed by atoms with Gasteiger partial charge in [0.1, 0.15) is 23.3 Å². The molecule has 2 saturated carbocycles. The molecule has 0 aliphatic heterocycles. The minimum absolute atomic E-state index is 0.165. The summed E-state index contributed by atoms with van der Waals surface area (Å²) in [6.07, 6.45) is 14.3. The van der Waals surface area contributed by atoms with Gasteiger partial charge < -0.3 is 0 Å². The smallest absolute Gasteiger partial charge is 0.132 e.